The molecule has 2 atom stereocenters. The summed E-state index contributed by atoms with van der Waals surface area (Å²) in [5.74, 6) is 0.151. The summed E-state index contributed by atoms with van der Waals surface area (Å²) >= 11 is 0. The normalized spacial score (nSPS) is 37.7. The van der Waals surface area contributed by atoms with Crippen LogP contribution in [0, 0.1) is 23.2 Å². The molecule has 0 spiro atoms. The topological polar surface area (TPSA) is 108 Å². The number of nitrogens with zero attached hydrogens (tertiary/aromatic N) is 1. The molecular formula is C17H21N3O3. The van der Waals surface area contributed by atoms with Crippen molar-refractivity contribution in [2.24, 2.45) is 34.6 Å². The van der Waals surface area contributed by atoms with Crippen molar-refractivity contribution in [2.75, 3.05) is 0 Å². The van der Waals surface area contributed by atoms with Crippen molar-refractivity contribution in [2.45, 2.75) is 38.1 Å². The summed E-state index contributed by atoms with van der Waals surface area (Å²) in [7, 11) is 0. The number of rotatable bonds is 3. The Morgan fingerprint density at radius 2 is 1.74 bits per heavy atom. The van der Waals surface area contributed by atoms with E-state index in [2.05, 4.69) is 0 Å². The van der Waals surface area contributed by atoms with E-state index in [0.29, 0.717) is 5.92 Å². The fourth-order valence-corrected chi connectivity index (χ4v) is 5.73. The third-order valence-electron chi connectivity index (χ3n) is 6.29. The highest BCUT2D eigenvalue weighted by Crippen LogP contribution is 2.63. The molecule has 23 heavy (non-hydrogen) atoms. The zero-order valence-corrected chi connectivity index (χ0v) is 12.9. The van der Waals surface area contributed by atoms with Gasteiger partial charge in [-0.15, -0.1) is 0 Å². The van der Waals surface area contributed by atoms with E-state index < -0.39 is 11.3 Å². The SMILES string of the molecule is NC(=O)c1cccc(=O)n1C1C2CC3CC1CC(C(N)=O)(C3)C2. The van der Waals surface area contributed by atoms with E-state index >= 15 is 0 Å². The Hall–Kier alpha value is -2.11. The zero-order chi connectivity index (χ0) is 16.4. The van der Waals surface area contributed by atoms with E-state index in [-0.39, 0.29) is 35.0 Å². The lowest BCUT2D eigenvalue weighted by molar-refractivity contribution is -0.148. The van der Waals surface area contributed by atoms with E-state index in [1.165, 1.54) is 6.07 Å². The summed E-state index contributed by atoms with van der Waals surface area (Å²) < 4.78 is 1.59. The molecule has 2 amide bonds. The summed E-state index contributed by atoms with van der Waals surface area (Å²) in [5.41, 5.74) is 10.9. The minimum absolute atomic E-state index is 0.0461. The second-order valence-electron chi connectivity index (χ2n) is 7.59. The van der Waals surface area contributed by atoms with Crippen LogP contribution in [0.1, 0.15) is 48.6 Å². The van der Waals surface area contributed by atoms with Gasteiger partial charge in [-0.05, 0) is 55.9 Å². The molecule has 122 valence electrons. The van der Waals surface area contributed by atoms with Crippen LogP contribution in [0.15, 0.2) is 23.0 Å². The van der Waals surface area contributed by atoms with Gasteiger partial charge in [-0.3, -0.25) is 14.4 Å². The molecule has 6 nitrogen and oxygen atoms in total. The van der Waals surface area contributed by atoms with Crippen molar-refractivity contribution < 1.29 is 9.59 Å². The Balaban J connectivity index is 1.81. The first-order valence-corrected chi connectivity index (χ1v) is 8.22. The number of carbonyl (C=O) groups is 2. The maximum absolute atomic E-state index is 12.4. The highest BCUT2D eigenvalue weighted by atomic mass is 16.2. The number of hydrogen-bond acceptors (Lipinski definition) is 3. The number of pyridine rings is 1. The highest BCUT2D eigenvalue weighted by Gasteiger charge is 2.58. The van der Waals surface area contributed by atoms with E-state index in [9.17, 15) is 14.4 Å². The van der Waals surface area contributed by atoms with Gasteiger partial charge in [0.1, 0.15) is 5.69 Å². The molecular weight excluding hydrogens is 294 g/mol. The predicted octanol–water partition coefficient (Wildman–Crippen LogP) is 0.800. The van der Waals surface area contributed by atoms with Gasteiger partial charge in [-0.1, -0.05) is 6.07 Å². The molecule has 0 saturated heterocycles. The maximum atomic E-state index is 12.4. The molecule has 4 bridgehead atoms. The summed E-state index contributed by atoms with van der Waals surface area (Å²) in [6.45, 7) is 0. The van der Waals surface area contributed by atoms with Gasteiger partial charge in [0, 0.05) is 17.5 Å². The lowest BCUT2D eigenvalue weighted by Crippen LogP contribution is -2.57. The van der Waals surface area contributed by atoms with Crippen LogP contribution < -0.4 is 17.0 Å². The second kappa shape index (κ2) is 4.69. The molecule has 1 aromatic rings. The maximum Gasteiger partial charge on any atom is 0.265 e. The lowest BCUT2D eigenvalue weighted by atomic mass is 9.47. The van der Waals surface area contributed by atoms with Crippen LogP contribution in [0.5, 0.6) is 0 Å². The second-order valence-corrected chi connectivity index (χ2v) is 7.59. The van der Waals surface area contributed by atoms with E-state index in [1.54, 1.807) is 16.7 Å². The monoisotopic (exact) mass is 315 g/mol. The number of aromatic nitrogens is 1. The number of primary amides is 2. The Morgan fingerprint density at radius 3 is 2.30 bits per heavy atom. The van der Waals surface area contributed by atoms with Crippen LogP contribution in [-0.4, -0.2) is 16.4 Å². The zero-order valence-electron chi connectivity index (χ0n) is 12.9. The number of amides is 2. The van der Waals surface area contributed by atoms with Gasteiger partial charge < -0.3 is 16.0 Å². The summed E-state index contributed by atoms with van der Waals surface area (Å²) in [6, 6.07) is 4.61. The third-order valence-corrected chi connectivity index (χ3v) is 6.29. The fraction of sp³-hybridized carbons (Fsp3) is 0.588. The van der Waals surface area contributed by atoms with Crippen molar-refractivity contribution in [3.63, 3.8) is 0 Å². The third kappa shape index (κ3) is 1.97. The smallest absolute Gasteiger partial charge is 0.265 e. The van der Waals surface area contributed by atoms with E-state index in [0.717, 1.165) is 32.1 Å². The molecule has 4 aliphatic carbocycles. The molecule has 4 fully saturated rings. The largest absolute Gasteiger partial charge is 0.369 e. The molecule has 0 aromatic carbocycles. The van der Waals surface area contributed by atoms with Gasteiger partial charge >= 0.3 is 0 Å². The van der Waals surface area contributed by atoms with Crippen molar-refractivity contribution >= 4 is 11.8 Å². The van der Waals surface area contributed by atoms with Crippen LogP contribution >= 0.6 is 0 Å². The van der Waals surface area contributed by atoms with Crippen molar-refractivity contribution in [3.8, 4) is 0 Å². The number of hydrogen-bond donors (Lipinski definition) is 2. The summed E-state index contributed by atoms with van der Waals surface area (Å²) in [5, 5.41) is 0. The molecule has 1 heterocycles. The van der Waals surface area contributed by atoms with Crippen LogP contribution in [0.25, 0.3) is 0 Å². The Labute approximate surface area is 133 Å². The number of carbonyl (C=O) groups excluding carboxylic acids is 2. The number of nitrogens with two attached hydrogens (primary N) is 2. The van der Waals surface area contributed by atoms with Crippen LogP contribution in [0.2, 0.25) is 0 Å². The molecule has 0 radical (unpaired) electrons. The van der Waals surface area contributed by atoms with Crippen LogP contribution in [0.4, 0.5) is 0 Å². The standard InChI is InChI=1S/C17H21N3O3/c18-15(22)12-2-1-3-13(21)20(12)14-10-4-9-5-11(14)8-17(6-9,7-10)16(19)23/h1-3,9-11,14H,4-8H2,(H2,18,22)(H2,19,23). The summed E-state index contributed by atoms with van der Waals surface area (Å²) in [4.78, 5) is 36.2. The van der Waals surface area contributed by atoms with Crippen molar-refractivity contribution in [1.82, 2.24) is 4.57 Å². The Bertz CT molecular complexity index is 738. The first-order valence-electron chi connectivity index (χ1n) is 8.22. The highest BCUT2D eigenvalue weighted by molar-refractivity contribution is 5.91. The minimum atomic E-state index is -0.582. The van der Waals surface area contributed by atoms with E-state index in [4.69, 9.17) is 11.5 Å². The molecule has 0 aliphatic heterocycles. The fourth-order valence-electron chi connectivity index (χ4n) is 5.73. The Kier molecular flexibility index (Phi) is 2.95. The van der Waals surface area contributed by atoms with Gasteiger partial charge in [0.05, 0.1) is 0 Å². The van der Waals surface area contributed by atoms with Gasteiger partial charge in [-0.25, -0.2) is 0 Å². The van der Waals surface area contributed by atoms with Crippen LogP contribution in [0.3, 0.4) is 0 Å². The van der Waals surface area contributed by atoms with Crippen LogP contribution in [-0.2, 0) is 4.79 Å². The van der Waals surface area contributed by atoms with Gasteiger partial charge in [0.15, 0.2) is 0 Å². The molecule has 6 heteroatoms. The molecule has 4 N–H and O–H groups in total. The van der Waals surface area contributed by atoms with Gasteiger partial charge in [0.2, 0.25) is 5.91 Å². The van der Waals surface area contributed by atoms with Gasteiger partial charge in [-0.2, -0.15) is 0 Å². The first kappa shape index (κ1) is 14.5. The molecule has 4 saturated carbocycles. The van der Waals surface area contributed by atoms with E-state index in [1.807, 2.05) is 0 Å². The molecule has 4 aliphatic rings. The average molecular weight is 315 g/mol. The Morgan fingerprint density at radius 1 is 1.09 bits per heavy atom. The quantitative estimate of drug-likeness (QED) is 0.861. The lowest BCUT2D eigenvalue weighted by Gasteiger charge is -2.59. The minimum Gasteiger partial charge on any atom is -0.369 e. The molecule has 5 rings (SSSR count). The van der Waals surface area contributed by atoms with Crippen molar-refractivity contribution in [1.29, 1.82) is 0 Å². The predicted molar refractivity (Wildman–Crippen MR) is 83.4 cm³/mol. The molecule has 1 aromatic heterocycles. The molecule has 2 unspecified atom stereocenters. The average Bonchev–Trinajstić information content (AvgIpc) is 2.47. The first-order chi connectivity index (χ1) is 10.9. The van der Waals surface area contributed by atoms with Crippen molar-refractivity contribution in [3.05, 3.63) is 34.2 Å². The summed E-state index contributed by atoms with van der Waals surface area (Å²) in [6.07, 6.45) is 4.32. The van der Waals surface area contributed by atoms with Gasteiger partial charge in [0.25, 0.3) is 11.5 Å².